The van der Waals surface area contributed by atoms with Crippen LogP contribution in [0.1, 0.15) is 61.9 Å². The van der Waals surface area contributed by atoms with Crippen LogP contribution in [-0.2, 0) is 24.1 Å². The van der Waals surface area contributed by atoms with Crippen LogP contribution < -0.4 is 31.6 Å². The minimum Gasteiger partial charge on any atom is -0.507 e. The van der Waals surface area contributed by atoms with Gasteiger partial charge in [-0.2, -0.15) is 0 Å². The number of nitrogens with one attached hydrogen (secondary N) is 2. The highest BCUT2D eigenvalue weighted by Gasteiger charge is 2.46. The van der Waals surface area contributed by atoms with Crippen molar-refractivity contribution in [3.8, 4) is 17.2 Å². The predicted molar refractivity (Wildman–Crippen MR) is 173 cm³/mol. The minimum absolute atomic E-state index is 0.0105. The fourth-order valence-corrected chi connectivity index (χ4v) is 6.15. The summed E-state index contributed by atoms with van der Waals surface area (Å²) in [6, 6.07) is 2.95. The maximum absolute atomic E-state index is 14.4. The number of hydrogen-bond donors (Lipinski definition) is 9. The Morgan fingerprint density at radius 2 is 1.79 bits per heavy atom. The zero-order valence-electron chi connectivity index (χ0n) is 26.8. The summed E-state index contributed by atoms with van der Waals surface area (Å²) in [6.07, 6.45) is -1.77. The van der Waals surface area contributed by atoms with E-state index in [0.717, 1.165) is 5.57 Å². The number of rotatable bonds is 10. The number of aryl methyl sites for hydroxylation is 1. The second-order valence-electron chi connectivity index (χ2n) is 11.7. The van der Waals surface area contributed by atoms with Crippen molar-refractivity contribution in [2.75, 3.05) is 20.8 Å². The van der Waals surface area contributed by atoms with E-state index in [2.05, 4.69) is 15.6 Å². The lowest BCUT2D eigenvalue weighted by atomic mass is 9.78. The number of carbonyl (C=O) groups excluding carboxylic acids is 2. The fourth-order valence-electron chi connectivity index (χ4n) is 6.15. The molecule has 0 amide bonds. The Labute approximate surface area is 276 Å². The zero-order valence-corrected chi connectivity index (χ0v) is 26.8. The zero-order chi connectivity index (χ0) is 34.9. The molecular formula is C33H41N5O10. The number of phenols is 1. The molecule has 15 heteroatoms. The van der Waals surface area contributed by atoms with Gasteiger partial charge in [0.2, 0.25) is 12.1 Å². The number of methoxy groups -OCH3 is 1. The highest BCUT2D eigenvalue weighted by Crippen LogP contribution is 2.45. The quantitative estimate of drug-likeness (QED) is 0.0950. The van der Waals surface area contributed by atoms with Gasteiger partial charge in [-0.25, -0.2) is 0 Å². The third-order valence-electron chi connectivity index (χ3n) is 8.80. The van der Waals surface area contributed by atoms with Gasteiger partial charge < -0.3 is 61.8 Å². The molecule has 0 saturated carbocycles. The lowest BCUT2D eigenvalue weighted by Crippen LogP contribution is -2.60. The average Bonchev–Trinajstić information content (AvgIpc) is 3.09. The number of hydrogen-bond acceptors (Lipinski definition) is 13. The summed E-state index contributed by atoms with van der Waals surface area (Å²) in [5.74, 6) is -1.67. The van der Waals surface area contributed by atoms with Gasteiger partial charge in [-0.15, -0.1) is 0 Å². The number of phenolic OH excluding ortho intramolecular Hbond substituents is 1. The van der Waals surface area contributed by atoms with E-state index in [-0.39, 0.29) is 58.8 Å². The van der Waals surface area contributed by atoms with E-state index in [1.807, 2.05) is 12.2 Å². The van der Waals surface area contributed by atoms with Gasteiger partial charge in [0.25, 0.3) is 0 Å². The standard InChI is InChI=1S/C33H41N5O10/c1-4-16-19(46-3)10-20(47-32-31(45)30(44)28(42)21(13-39)48-32)25-23(16)26(40)17-9-15(7-5-14-6-8-22(34)37-11-14)18(12-38-33(35)36-2)27(41)24(17)29(25)43/h6,8-11,21-22,28,30-32,37,39,41-42,44-45H,4-5,7,12-13,34H2,1-3H3,(H3,35,36,38). The molecule has 15 nitrogen and oxygen atoms in total. The summed E-state index contributed by atoms with van der Waals surface area (Å²) in [5.41, 5.74) is 13.5. The second kappa shape index (κ2) is 14.3. The molecule has 1 fully saturated rings. The number of aliphatic hydroxyl groups is 4. The molecule has 48 heavy (non-hydrogen) atoms. The number of benzene rings is 2. The Hall–Kier alpha value is -4.51. The second-order valence-corrected chi connectivity index (χ2v) is 11.7. The van der Waals surface area contributed by atoms with Gasteiger partial charge in [0.1, 0.15) is 41.7 Å². The Balaban J connectivity index is 1.63. The number of ketones is 2. The summed E-state index contributed by atoms with van der Waals surface area (Å²) in [6.45, 7) is 1.07. The van der Waals surface area contributed by atoms with Crippen molar-refractivity contribution >= 4 is 17.5 Å². The molecule has 5 rings (SSSR count). The number of dihydropyridines is 1. The molecule has 1 saturated heterocycles. The van der Waals surface area contributed by atoms with Crippen LogP contribution in [0.3, 0.4) is 0 Å². The molecule has 0 spiro atoms. The van der Waals surface area contributed by atoms with Gasteiger partial charge in [-0.3, -0.25) is 14.6 Å². The number of ether oxygens (including phenoxy) is 3. The number of aliphatic imine (C=N–C) groups is 1. The van der Waals surface area contributed by atoms with Crippen LogP contribution in [0, 0.1) is 0 Å². The van der Waals surface area contributed by atoms with Crippen molar-refractivity contribution in [2.45, 2.75) is 69.6 Å². The normalized spacial score (nSPS) is 25.2. The summed E-state index contributed by atoms with van der Waals surface area (Å²) in [4.78, 5) is 32.8. The number of aromatic hydroxyl groups is 1. The van der Waals surface area contributed by atoms with E-state index in [1.54, 1.807) is 19.2 Å². The number of aliphatic hydroxyl groups excluding tert-OH is 4. The van der Waals surface area contributed by atoms with E-state index in [0.29, 0.717) is 29.5 Å². The van der Waals surface area contributed by atoms with Gasteiger partial charge in [0, 0.05) is 48.1 Å². The number of fused-ring (bicyclic) bond motifs is 2. The monoisotopic (exact) mass is 667 g/mol. The predicted octanol–water partition coefficient (Wildman–Crippen LogP) is -0.788. The van der Waals surface area contributed by atoms with Crippen molar-refractivity contribution in [3.05, 3.63) is 75.0 Å². The van der Waals surface area contributed by atoms with Gasteiger partial charge in [-0.05, 0) is 42.5 Å². The van der Waals surface area contributed by atoms with Crippen LogP contribution >= 0.6 is 0 Å². The molecule has 2 heterocycles. The van der Waals surface area contributed by atoms with Crippen molar-refractivity contribution in [1.82, 2.24) is 10.6 Å². The first kappa shape index (κ1) is 34.8. The van der Waals surface area contributed by atoms with Crippen molar-refractivity contribution in [1.29, 1.82) is 0 Å². The Bertz CT molecular complexity index is 1690. The lowest BCUT2D eigenvalue weighted by molar-refractivity contribution is -0.277. The summed E-state index contributed by atoms with van der Waals surface area (Å²) in [7, 11) is 2.87. The third-order valence-corrected chi connectivity index (χ3v) is 8.80. The molecule has 0 aromatic heterocycles. The van der Waals surface area contributed by atoms with Gasteiger partial charge in [0.15, 0.2) is 11.7 Å². The number of allylic oxidation sites excluding steroid dienone is 2. The first-order valence-corrected chi connectivity index (χ1v) is 15.5. The highest BCUT2D eigenvalue weighted by molar-refractivity contribution is 6.31. The van der Waals surface area contributed by atoms with Crippen LogP contribution in [0.25, 0.3) is 0 Å². The van der Waals surface area contributed by atoms with Crippen LogP contribution in [0.2, 0.25) is 0 Å². The van der Waals surface area contributed by atoms with E-state index in [4.69, 9.17) is 25.7 Å². The van der Waals surface area contributed by atoms with Crippen LogP contribution in [0.4, 0.5) is 0 Å². The van der Waals surface area contributed by atoms with Crippen molar-refractivity contribution < 1.29 is 49.3 Å². The summed E-state index contributed by atoms with van der Waals surface area (Å²) < 4.78 is 17.0. The van der Waals surface area contributed by atoms with E-state index < -0.39 is 54.6 Å². The first-order chi connectivity index (χ1) is 22.9. The topological polar surface area (TPSA) is 251 Å². The molecule has 2 aliphatic heterocycles. The molecule has 6 atom stereocenters. The Morgan fingerprint density at radius 1 is 1.04 bits per heavy atom. The number of guanidine groups is 1. The molecule has 258 valence electrons. The van der Waals surface area contributed by atoms with Crippen LogP contribution in [0.15, 0.2) is 41.1 Å². The molecule has 2 aromatic rings. The maximum atomic E-state index is 14.4. The Kier molecular flexibility index (Phi) is 10.4. The van der Waals surface area contributed by atoms with E-state index >= 15 is 0 Å². The average molecular weight is 668 g/mol. The molecular weight excluding hydrogens is 626 g/mol. The highest BCUT2D eigenvalue weighted by atomic mass is 16.7. The molecule has 0 radical (unpaired) electrons. The SMILES string of the molecule is CCc1c(OC)cc(OC2OC(CO)C(O)C(O)C2O)c2c1C(=O)c1cc(CCC3=CNC(N)C=C3)c(CNC(N)=NC)c(O)c1C2=O. The largest absolute Gasteiger partial charge is 0.507 e. The summed E-state index contributed by atoms with van der Waals surface area (Å²) >= 11 is 0. The van der Waals surface area contributed by atoms with Crippen LogP contribution in [-0.4, -0.2) is 101 Å². The van der Waals surface area contributed by atoms with E-state index in [9.17, 15) is 35.1 Å². The fraction of sp³-hybridized carbons (Fsp3) is 0.424. The molecule has 2 aromatic carbocycles. The smallest absolute Gasteiger partial charge is 0.229 e. The summed E-state index contributed by atoms with van der Waals surface area (Å²) in [5, 5.41) is 58.6. The maximum Gasteiger partial charge on any atom is 0.229 e. The van der Waals surface area contributed by atoms with Gasteiger partial charge in [-0.1, -0.05) is 13.0 Å². The van der Waals surface area contributed by atoms with Crippen molar-refractivity contribution in [3.63, 3.8) is 0 Å². The molecule has 11 N–H and O–H groups in total. The number of nitrogens with two attached hydrogens (primary N) is 2. The first-order valence-electron chi connectivity index (χ1n) is 15.5. The number of nitrogens with zero attached hydrogens (tertiary/aromatic N) is 1. The van der Waals surface area contributed by atoms with E-state index in [1.165, 1.54) is 20.2 Å². The van der Waals surface area contributed by atoms with Crippen LogP contribution in [0.5, 0.6) is 17.2 Å². The molecule has 6 unspecified atom stereocenters. The van der Waals surface area contributed by atoms with Gasteiger partial charge in [0.05, 0.1) is 31.0 Å². The molecule has 1 aliphatic carbocycles. The third kappa shape index (κ3) is 6.35. The molecule has 0 bridgehead atoms. The minimum atomic E-state index is -1.80. The Morgan fingerprint density at radius 3 is 2.42 bits per heavy atom. The number of carbonyl (C=O) groups is 2. The van der Waals surface area contributed by atoms with Crippen molar-refractivity contribution in [2.24, 2.45) is 16.5 Å². The molecule has 3 aliphatic rings. The lowest BCUT2D eigenvalue weighted by Gasteiger charge is -2.40. The van der Waals surface area contributed by atoms with Gasteiger partial charge >= 0.3 is 0 Å².